The van der Waals surface area contributed by atoms with Gasteiger partial charge in [0, 0.05) is 14.9 Å². The fraction of sp³-hybridized carbons (Fsp3) is 0.167. The quantitative estimate of drug-likeness (QED) is 0.887. The van der Waals surface area contributed by atoms with Gasteiger partial charge < -0.3 is 5.11 Å². The first-order valence-electron chi connectivity index (χ1n) is 4.78. The smallest absolute Gasteiger partial charge is 0.129 e. The minimum Gasteiger partial charge on any atom is -0.383 e. The minimum atomic E-state index is -0.908. The van der Waals surface area contributed by atoms with Gasteiger partial charge in [0.1, 0.15) is 11.9 Å². The molecule has 0 bridgehead atoms. The van der Waals surface area contributed by atoms with Crippen LogP contribution in [0.2, 0.25) is 0 Å². The van der Waals surface area contributed by atoms with Crippen molar-refractivity contribution in [1.82, 2.24) is 0 Å². The molecule has 0 saturated heterocycles. The van der Waals surface area contributed by atoms with Gasteiger partial charge in [-0.3, -0.25) is 0 Å². The van der Waals surface area contributed by atoms with E-state index in [1.807, 2.05) is 13.0 Å². The van der Waals surface area contributed by atoms with Gasteiger partial charge in [-0.1, -0.05) is 18.2 Å². The second-order valence-corrected chi connectivity index (χ2v) is 5.64. The van der Waals surface area contributed by atoms with E-state index in [1.54, 1.807) is 18.2 Å². The van der Waals surface area contributed by atoms with Crippen LogP contribution in [-0.2, 0) is 0 Å². The van der Waals surface area contributed by atoms with Gasteiger partial charge in [0.25, 0.3) is 0 Å². The van der Waals surface area contributed by atoms with Gasteiger partial charge in [-0.15, -0.1) is 11.3 Å². The molecule has 4 heteroatoms. The van der Waals surface area contributed by atoms with Crippen molar-refractivity contribution < 1.29 is 9.50 Å². The maximum atomic E-state index is 13.5. The average molecular weight is 301 g/mol. The first-order chi connectivity index (χ1) is 7.59. The molecule has 0 amide bonds. The Morgan fingerprint density at radius 1 is 1.38 bits per heavy atom. The molecule has 0 spiro atoms. The number of hydrogen-bond donors (Lipinski definition) is 1. The summed E-state index contributed by atoms with van der Waals surface area (Å²) in [5.41, 5.74) is 0.310. The highest BCUT2D eigenvalue weighted by atomic mass is 79.9. The van der Waals surface area contributed by atoms with Crippen LogP contribution in [0.3, 0.4) is 0 Å². The van der Waals surface area contributed by atoms with Gasteiger partial charge in [-0.05, 0) is 35.0 Å². The molecular formula is C12H10BrFOS. The van der Waals surface area contributed by atoms with E-state index in [0.717, 1.165) is 14.2 Å². The third-order valence-electron chi connectivity index (χ3n) is 2.28. The Labute approximate surface area is 106 Å². The van der Waals surface area contributed by atoms with Crippen LogP contribution in [0.15, 0.2) is 34.8 Å². The van der Waals surface area contributed by atoms with Crippen molar-refractivity contribution >= 4 is 27.3 Å². The van der Waals surface area contributed by atoms with E-state index < -0.39 is 6.10 Å². The van der Waals surface area contributed by atoms with Crippen LogP contribution in [0.1, 0.15) is 21.4 Å². The van der Waals surface area contributed by atoms with Crippen molar-refractivity contribution in [3.63, 3.8) is 0 Å². The lowest BCUT2D eigenvalue weighted by atomic mass is 10.1. The molecule has 0 radical (unpaired) electrons. The first-order valence-corrected chi connectivity index (χ1v) is 6.39. The highest BCUT2D eigenvalue weighted by molar-refractivity contribution is 9.10. The maximum Gasteiger partial charge on any atom is 0.129 e. The second kappa shape index (κ2) is 4.65. The summed E-state index contributed by atoms with van der Waals surface area (Å²) in [6, 6.07) is 8.20. The molecule has 16 heavy (non-hydrogen) atoms. The van der Waals surface area contributed by atoms with Crippen LogP contribution in [0.25, 0.3) is 0 Å². The summed E-state index contributed by atoms with van der Waals surface area (Å²) < 4.78 is 14.3. The number of halogens is 2. The fourth-order valence-corrected chi connectivity index (χ4v) is 3.40. The summed E-state index contributed by atoms with van der Waals surface area (Å²) in [5.74, 6) is -0.382. The number of thiophene rings is 1. The molecule has 1 heterocycles. The van der Waals surface area contributed by atoms with Crippen molar-refractivity contribution in [2.24, 2.45) is 0 Å². The number of hydrogen-bond acceptors (Lipinski definition) is 2. The molecular weight excluding hydrogens is 291 g/mol. The van der Waals surface area contributed by atoms with Crippen LogP contribution in [0.5, 0.6) is 0 Å². The molecule has 0 aliphatic heterocycles. The zero-order valence-electron chi connectivity index (χ0n) is 8.58. The van der Waals surface area contributed by atoms with Gasteiger partial charge in [0.2, 0.25) is 0 Å². The Hall–Kier alpha value is -0.710. The fourth-order valence-electron chi connectivity index (χ4n) is 1.53. The zero-order valence-corrected chi connectivity index (χ0v) is 11.0. The van der Waals surface area contributed by atoms with Gasteiger partial charge in [-0.25, -0.2) is 4.39 Å². The van der Waals surface area contributed by atoms with Crippen LogP contribution >= 0.6 is 27.3 Å². The van der Waals surface area contributed by atoms with E-state index in [-0.39, 0.29) is 5.82 Å². The van der Waals surface area contributed by atoms with E-state index in [1.165, 1.54) is 17.4 Å². The number of benzene rings is 1. The predicted molar refractivity (Wildman–Crippen MR) is 67.2 cm³/mol. The molecule has 1 N–H and O–H groups in total. The van der Waals surface area contributed by atoms with Gasteiger partial charge >= 0.3 is 0 Å². The van der Waals surface area contributed by atoms with Gasteiger partial charge in [-0.2, -0.15) is 0 Å². The molecule has 1 aromatic carbocycles. The Bertz CT molecular complexity index is 509. The molecule has 1 aromatic heterocycles. The monoisotopic (exact) mass is 300 g/mol. The standard InChI is InChI=1S/C12H10BrFOS/c1-7-6-9(13)12(16-7)11(15)8-4-2-3-5-10(8)14/h2-6,11,15H,1H3. The molecule has 0 fully saturated rings. The summed E-state index contributed by atoms with van der Waals surface area (Å²) in [4.78, 5) is 1.82. The van der Waals surface area contributed by atoms with E-state index in [4.69, 9.17) is 0 Å². The largest absolute Gasteiger partial charge is 0.383 e. The maximum absolute atomic E-state index is 13.5. The number of aliphatic hydroxyl groups excluding tert-OH is 1. The van der Waals surface area contributed by atoms with E-state index in [9.17, 15) is 9.50 Å². The summed E-state index contributed by atoms with van der Waals surface area (Å²) in [7, 11) is 0. The van der Waals surface area contributed by atoms with E-state index >= 15 is 0 Å². The summed E-state index contributed by atoms with van der Waals surface area (Å²) in [6.07, 6.45) is -0.908. The normalized spacial score (nSPS) is 12.8. The lowest BCUT2D eigenvalue weighted by Gasteiger charge is -2.10. The Balaban J connectivity index is 2.43. The van der Waals surface area contributed by atoms with Crippen LogP contribution in [-0.4, -0.2) is 5.11 Å². The van der Waals surface area contributed by atoms with Gasteiger partial charge in [0.05, 0.1) is 4.88 Å². The zero-order chi connectivity index (χ0) is 11.7. The predicted octanol–water partition coefficient (Wildman–Crippen LogP) is 4.04. The topological polar surface area (TPSA) is 20.2 Å². The third kappa shape index (κ3) is 2.19. The van der Waals surface area contributed by atoms with Crippen LogP contribution in [0, 0.1) is 12.7 Å². The van der Waals surface area contributed by atoms with Crippen molar-refractivity contribution in [2.45, 2.75) is 13.0 Å². The summed E-state index contributed by atoms with van der Waals surface area (Å²) in [6.45, 7) is 1.95. The number of aliphatic hydroxyl groups is 1. The average Bonchev–Trinajstić information content (AvgIpc) is 2.58. The summed E-state index contributed by atoms with van der Waals surface area (Å²) >= 11 is 4.83. The molecule has 1 unspecified atom stereocenters. The summed E-state index contributed by atoms with van der Waals surface area (Å²) in [5, 5.41) is 10.1. The molecule has 0 aliphatic rings. The number of aryl methyl sites for hydroxylation is 1. The van der Waals surface area contributed by atoms with Crippen LogP contribution in [0.4, 0.5) is 4.39 Å². The highest BCUT2D eigenvalue weighted by Crippen LogP contribution is 2.36. The molecule has 2 aromatic rings. The van der Waals surface area contributed by atoms with E-state index in [2.05, 4.69) is 15.9 Å². The SMILES string of the molecule is Cc1cc(Br)c(C(O)c2ccccc2F)s1. The van der Waals surface area contributed by atoms with Crippen LogP contribution < -0.4 is 0 Å². The Morgan fingerprint density at radius 3 is 2.62 bits per heavy atom. The Morgan fingerprint density at radius 2 is 2.06 bits per heavy atom. The highest BCUT2D eigenvalue weighted by Gasteiger charge is 2.19. The molecule has 84 valence electrons. The molecule has 1 atom stereocenters. The third-order valence-corrected chi connectivity index (χ3v) is 4.31. The lowest BCUT2D eigenvalue weighted by Crippen LogP contribution is -2.00. The first kappa shape index (κ1) is 11.8. The van der Waals surface area contributed by atoms with E-state index in [0.29, 0.717) is 5.56 Å². The van der Waals surface area contributed by atoms with Crippen molar-refractivity contribution in [2.75, 3.05) is 0 Å². The lowest BCUT2D eigenvalue weighted by molar-refractivity contribution is 0.218. The molecule has 2 rings (SSSR count). The molecule has 1 nitrogen and oxygen atoms in total. The molecule has 0 saturated carbocycles. The van der Waals surface area contributed by atoms with Crippen molar-refractivity contribution in [3.8, 4) is 0 Å². The van der Waals surface area contributed by atoms with Gasteiger partial charge in [0.15, 0.2) is 0 Å². The van der Waals surface area contributed by atoms with Crippen molar-refractivity contribution in [3.05, 3.63) is 55.9 Å². The Kier molecular flexibility index (Phi) is 3.42. The van der Waals surface area contributed by atoms with Crippen molar-refractivity contribution in [1.29, 1.82) is 0 Å². The molecule has 0 aliphatic carbocycles. The second-order valence-electron chi connectivity index (χ2n) is 3.49. The number of rotatable bonds is 2. The minimum absolute atomic E-state index is 0.310.